The summed E-state index contributed by atoms with van der Waals surface area (Å²) in [7, 11) is -4.24. The van der Waals surface area contributed by atoms with Gasteiger partial charge >= 0.3 is 5.97 Å². The predicted octanol–water partition coefficient (Wildman–Crippen LogP) is 2.53. The number of esters is 1. The summed E-state index contributed by atoms with van der Waals surface area (Å²) >= 11 is 0. The lowest BCUT2D eigenvalue weighted by molar-refractivity contribution is -0.155. The van der Waals surface area contributed by atoms with Crippen molar-refractivity contribution < 1.29 is 27.5 Å². The van der Waals surface area contributed by atoms with Crippen LogP contribution in [0.3, 0.4) is 0 Å². The molecular weight excluding hydrogens is 572 g/mol. The molecule has 1 aliphatic rings. The number of amides is 2. The largest absolute Gasteiger partial charge is 0.463 e. The zero-order valence-corrected chi connectivity index (χ0v) is 25.8. The lowest BCUT2D eigenvalue weighted by Gasteiger charge is -2.33. The van der Waals surface area contributed by atoms with Gasteiger partial charge in [-0.15, -0.1) is 0 Å². The van der Waals surface area contributed by atoms with E-state index >= 15 is 0 Å². The maximum absolute atomic E-state index is 13.5. The maximum atomic E-state index is 13.5. The second-order valence-electron chi connectivity index (χ2n) is 10.7. The van der Waals surface area contributed by atoms with Crippen LogP contribution in [-0.4, -0.2) is 80.9 Å². The predicted molar refractivity (Wildman–Crippen MR) is 164 cm³/mol. The maximum Gasteiger partial charge on any atom is 0.345 e. The van der Waals surface area contributed by atoms with Crippen molar-refractivity contribution in [3.8, 4) is 0 Å². The number of piperidine rings is 1. The van der Waals surface area contributed by atoms with Gasteiger partial charge in [0, 0.05) is 39.0 Å². The van der Waals surface area contributed by atoms with Crippen molar-refractivity contribution >= 4 is 44.5 Å². The molecule has 0 unspecified atom stereocenters. The lowest BCUT2D eigenvalue weighted by atomic mass is 9.98. The summed E-state index contributed by atoms with van der Waals surface area (Å²) in [6, 6.07) is 11.9. The summed E-state index contributed by atoms with van der Waals surface area (Å²) in [5.74, 6) is -1.61. The highest BCUT2D eigenvalue weighted by atomic mass is 32.2. The Balaban J connectivity index is 1.72. The van der Waals surface area contributed by atoms with Crippen molar-refractivity contribution in [2.75, 3.05) is 32.8 Å². The number of rotatable bonds is 15. The third-order valence-corrected chi connectivity index (χ3v) is 8.86. The van der Waals surface area contributed by atoms with Crippen LogP contribution in [0.4, 0.5) is 0 Å². The first-order valence-electron chi connectivity index (χ1n) is 14.9. The van der Waals surface area contributed by atoms with Gasteiger partial charge in [-0.3, -0.25) is 15.0 Å². The molecule has 1 fully saturated rings. The Bertz CT molecular complexity index is 1380. The molecule has 1 aliphatic heterocycles. The molecule has 12 nitrogen and oxygen atoms in total. The quantitative estimate of drug-likeness (QED) is 0.0776. The number of guanidine groups is 1. The van der Waals surface area contributed by atoms with Gasteiger partial charge in [-0.25, -0.2) is 13.2 Å². The first-order valence-corrected chi connectivity index (χ1v) is 16.4. The highest BCUT2D eigenvalue weighted by Gasteiger charge is 2.35. The first kappa shape index (κ1) is 33.8. The van der Waals surface area contributed by atoms with Gasteiger partial charge in [0.2, 0.25) is 21.8 Å². The fourth-order valence-electron chi connectivity index (χ4n) is 5.10. The Morgan fingerprint density at radius 1 is 1.12 bits per heavy atom. The number of fused-ring (bicyclic) bond motifs is 1. The minimum Gasteiger partial charge on any atom is -0.463 e. The summed E-state index contributed by atoms with van der Waals surface area (Å²) < 4.78 is 34.5. The van der Waals surface area contributed by atoms with Crippen molar-refractivity contribution in [3.05, 3.63) is 42.5 Å². The number of carbonyl (C=O) groups excluding carboxylic acids is 3. The number of hydrogen-bond donors (Lipinski definition) is 4. The summed E-state index contributed by atoms with van der Waals surface area (Å²) in [5.41, 5.74) is 5.60. The van der Waals surface area contributed by atoms with Gasteiger partial charge in [0.05, 0.1) is 11.5 Å². The molecule has 0 saturated carbocycles. The Kier molecular flexibility index (Phi) is 12.7. The Morgan fingerprint density at radius 3 is 2.56 bits per heavy atom. The number of benzene rings is 2. The Hall–Kier alpha value is -3.71. The van der Waals surface area contributed by atoms with E-state index in [-0.39, 0.29) is 48.7 Å². The van der Waals surface area contributed by atoms with Crippen LogP contribution in [0.25, 0.3) is 10.8 Å². The van der Waals surface area contributed by atoms with Gasteiger partial charge in [0.15, 0.2) is 12.1 Å². The van der Waals surface area contributed by atoms with Crippen molar-refractivity contribution in [1.29, 1.82) is 5.41 Å². The number of nitrogens with one attached hydrogen (secondary N) is 3. The monoisotopic (exact) mass is 616 g/mol. The van der Waals surface area contributed by atoms with E-state index in [2.05, 4.69) is 10.0 Å². The molecule has 13 heteroatoms. The molecule has 2 aromatic rings. The van der Waals surface area contributed by atoms with Crippen LogP contribution in [0.5, 0.6) is 0 Å². The van der Waals surface area contributed by atoms with Crippen LogP contribution in [0, 0.1) is 11.3 Å². The lowest BCUT2D eigenvalue weighted by Crippen LogP contribution is -2.56. The Morgan fingerprint density at radius 2 is 1.86 bits per heavy atom. The molecule has 2 amide bonds. The van der Waals surface area contributed by atoms with Crippen LogP contribution >= 0.6 is 0 Å². The molecule has 5 N–H and O–H groups in total. The van der Waals surface area contributed by atoms with E-state index in [9.17, 15) is 22.8 Å². The van der Waals surface area contributed by atoms with Crippen molar-refractivity contribution in [2.24, 2.45) is 11.7 Å². The minimum absolute atomic E-state index is 0.00530. The zero-order chi connectivity index (χ0) is 31.4. The first-order chi connectivity index (χ1) is 20.6. The molecule has 0 spiro atoms. The summed E-state index contributed by atoms with van der Waals surface area (Å²) in [6.07, 6.45) is 1.98. The molecule has 236 valence electrons. The molecule has 0 aliphatic carbocycles. The Labute approximate surface area is 253 Å². The fraction of sp³-hybridized carbons (Fsp3) is 0.533. The number of nitrogens with two attached hydrogens (primary N) is 1. The topological polar surface area (TPSA) is 175 Å². The van der Waals surface area contributed by atoms with Crippen LogP contribution in [0.2, 0.25) is 0 Å². The van der Waals surface area contributed by atoms with Crippen LogP contribution < -0.4 is 15.8 Å². The standard InChI is InChI=1S/C30H44N6O6S/c1-3-5-8-18-36(27(38)16-15-26(37)33-20-22-10-9-17-35(21-22)30(31)32)28(29(39)42-4-2)34-43(40,41)25-14-13-23-11-6-7-12-24(23)19-25/h6-7,11-14,19,22,28,34H,3-5,8-10,15-18,20-21H2,1-2H3,(H3,31,32)(H,33,37)/t22-,28+/m0/s1. The van der Waals surface area contributed by atoms with E-state index in [0.717, 1.165) is 31.1 Å². The van der Waals surface area contributed by atoms with Crippen LogP contribution in [0.15, 0.2) is 47.4 Å². The van der Waals surface area contributed by atoms with Crippen LogP contribution in [-0.2, 0) is 29.1 Å². The molecule has 2 atom stereocenters. The molecule has 3 rings (SSSR count). The summed E-state index contributed by atoms with van der Waals surface area (Å²) in [4.78, 5) is 42.1. The molecule has 0 radical (unpaired) electrons. The van der Waals surface area contributed by atoms with Crippen LogP contribution in [0.1, 0.15) is 58.8 Å². The smallest absolute Gasteiger partial charge is 0.345 e. The second-order valence-corrected chi connectivity index (χ2v) is 12.4. The van der Waals surface area contributed by atoms with E-state index < -0.39 is 28.1 Å². The van der Waals surface area contributed by atoms with E-state index in [1.54, 1.807) is 30.0 Å². The van der Waals surface area contributed by atoms with E-state index in [4.69, 9.17) is 15.9 Å². The van der Waals surface area contributed by atoms with Gasteiger partial charge in [-0.05, 0) is 55.0 Å². The third-order valence-electron chi connectivity index (χ3n) is 7.46. The number of sulfonamides is 1. The van der Waals surface area contributed by atoms with Gasteiger partial charge in [0.1, 0.15) is 0 Å². The van der Waals surface area contributed by atoms with Gasteiger partial charge in [-0.2, -0.15) is 4.72 Å². The van der Waals surface area contributed by atoms with Crippen molar-refractivity contribution in [2.45, 2.75) is 69.9 Å². The van der Waals surface area contributed by atoms with Crippen molar-refractivity contribution in [1.82, 2.24) is 19.8 Å². The normalized spacial score (nSPS) is 16.0. The van der Waals surface area contributed by atoms with E-state index in [1.165, 1.54) is 17.0 Å². The molecule has 43 heavy (non-hydrogen) atoms. The van der Waals surface area contributed by atoms with Gasteiger partial charge < -0.3 is 25.6 Å². The summed E-state index contributed by atoms with van der Waals surface area (Å²) in [6.45, 7) is 5.39. The number of nitrogens with zero attached hydrogens (tertiary/aromatic N) is 2. The SMILES string of the molecule is CCCCCN(C(=O)CCC(=O)NC[C@@H]1CCCN(C(=N)N)C1)[C@@H](NS(=O)(=O)c1ccc2ccccc2c1)C(=O)OCC. The average Bonchev–Trinajstić information content (AvgIpc) is 3.00. The second kappa shape index (κ2) is 16.2. The zero-order valence-electron chi connectivity index (χ0n) is 25.0. The number of unbranched alkanes of at least 4 members (excludes halogenated alkanes) is 2. The van der Waals surface area contributed by atoms with E-state index in [1.807, 2.05) is 19.1 Å². The fourth-order valence-corrected chi connectivity index (χ4v) is 6.28. The highest BCUT2D eigenvalue weighted by molar-refractivity contribution is 7.89. The molecule has 2 aromatic carbocycles. The number of hydrogen-bond acceptors (Lipinski definition) is 7. The number of carbonyl (C=O) groups is 3. The third kappa shape index (κ3) is 9.92. The van der Waals surface area contributed by atoms with E-state index in [0.29, 0.717) is 31.4 Å². The van der Waals surface area contributed by atoms with Gasteiger partial charge in [0.25, 0.3) is 0 Å². The molecule has 0 bridgehead atoms. The highest BCUT2D eigenvalue weighted by Crippen LogP contribution is 2.20. The number of likely N-dealkylation sites (tertiary alicyclic amines) is 1. The minimum atomic E-state index is -4.24. The molecular formula is C30H44N6O6S. The molecule has 0 aromatic heterocycles. The van der Waals surface area contributed by atoms with Crippen molar-refractivity contribution in [3.63, 3.8) is 0 Å². The molecule has 1 saturated heterocycles. The van der Waals surface area contributed by atoms with Gasteiger partial charge in [-0.1, -0.05) is 50.1 Å². The average molecular weight is 617 g/mol. The molecule has 1 heterocycles. The summed E-state index contributed by atoms with van der Waals surface area (Å²) in [5, 5.41) is 12.1. The number of ether oxygens (including phenoxy) is 1.